The predicted octanol–water partition coefficient (Wildman–Crippen LogP) is 1.65. The molecule has 0 aliphatic carbocycles. The number of rotatable bonds is 6. The minimum absolute atomic E-state index is 0.00225. The predicted molar refractivity (Wildman–Crippen MR) is 64.8 cm³/mol. The van der Waals surface area contributed by atoms with Crippen molar-refractivity contribution >= 4 is 23.2 Å². The Morgan fingerprint density at radius 2 is 2.29 bits per heavy atom. The molecule has 0 saturated heterocycles. The third-order valence-corrected chi connectivity index (χ3v) is 2.23. The van der Waals surface area contributed by atoms with Crippen molar-refractivity contribution in [2.75, 3.05) is 32.1 Å². The highest BCUT2D eigenvalue weighted by Gasteiger charge is 2.04. The van der Waals surface area contributed by atoms with Crippen molar-refractivity contribution in [2.24, 2.45) is 0 Å². The van der Waals surface area contributed by atoms with Gasteiger partial charge < -0.3 is 15.4 Å². The molecule has 1 rings (SSSR count). The van der Waals surface area contributed by atoms with E-state index >= 15 is 0 Å². The molecule has 1 amide bonds. The molecule has 0 aromatic heterocycles. The van der Waals surface area contributed by atoms with Gasteiger partial charge >= 0.3 is 0 Å². The van der Waals surface area contributed by atoms with E-state index in [0.29, 0.717) is 18.2 Å². The smallest absolute Gasteiger partial charge is 0.239 e. The van der Waals surface area contributed by atoms with Gasteiger partial charge in [0, 0.05) is 18.7 Å². The Hall–Kier alpha value is -1.33. The zero-order chi connectivity index (χ0) is 12.7. The Morgan fingerprint density at radius 3 is 2.94 bits per heavy atom. The van der Waals surface area contributed by atoms with E-state index in [4.69, 9.17) is 16.3 Å². The maximum Gasteiger partial charge on any atom is 0.239 e. The van der Waals surface area contributed by atoms with Gasteiger partial charge in [-0.25, -0.2) is 4.39 Å². The summed E-state index contributed by atoms with van der Waals surface area (Å²) in [5, 5.41) is 5.61. The van der Waals surface area contributed by atoms with Gasteiger partial charge in [-0.1, -0.05) is 11.6 Å². The van der Waals surface area contributed by atoms with E-state index in [2.05, 4.69) is 10.6 Å². The van der Waals surface area contributed by atoms with Crippen LogP contribution in [0.4, 0.5) is 10.1 Å². The molecule has 94 valence electrons. The molecule has 0 radical (unpaired) electrons. The van der Waals surface area contributed by atoms with Crippen LogP contribution in [0, 0.1) is 5.82 Å². The largest absolute Gasteiger partial charge is 0.383 e. The second kappa shape index (κ2) is 7.09. The van der Waals surface area contributed by atoms with E-state index in [1.807, 2.05) is 0 Å². The summed E-state index contributed by atoms with van der Waals surface area (Å²) in [7, 11) is 1.55. The molecule has 0 spiro atoms. The number of carbonyl (C=O) groups excluding carboxylic acids is 1. The first kappa shape index (κ1) is 13.7. The monoisotopic (exact) mass is 260 g/mol. The fourth-order valence-electron chi connectivity index (χ4n) is 1.16. The molecule has 0 aliphatic heterocycles. The second-order valence-corrected chi connectivity index (χ2v) is 3.76. The van der Waals surface area contributed by atoms with Crippen molar-refractivity contribution in [3.05, 3.63) is 29.0 Å². The third-order valence-electron chi connectivity index (χ3n) is 2.00. The maximum absolute atomic E-state index is 13.3. The van der Waals surface area contributed by atoms with Gasteiger partial charge in [0.25, 0.3) is 0 Å². The van der Waals surface area contributed by atoms with Gasteiger partial charge in [0.05, 0.1) is 18.8 Å². The number of ether oxygens (including phenoxy) is 1. The van der Waals surface area contributed by atoms with E-state index in [1.54, 1.807) is 13.2 Å². The maximum atomic E-state index is 13.3. The van der Waals surface area contributed by atoms with Gasteiger partial charge in [0.15, 0.2) is 0 Å². The van der Waals surface area contributed by atoms with E-state index in [9.17, 15) is 9.18 Å². The fourth-order valence-corrected chi connectivity index (χ4v) is 1.32. The van der Waals surface area contributed by atoms with Crippen molar-refractivity contribution in [1.29, 1.82) is 0 Å². The number of amides is 1. The molecule has 1 aromatic rings. The number of nitrogens with one attached hydrogen (secondary N) is 2. The topological polar surface area (TPSA) is 50.4 Å². The van der Waals surface area contributed by atoms with Crippen LogP contribution in [0.25, 0.3) is 0 Å². The van der Waals surface area contributed by atoms with Crippen LogP contribution in [0.5, 0.6) is 0 Å². The lowest BCUT2D eigenvalue weighted by molar-refractivity contribution is -0.119. The van der Waals surface area contributed by atoms with Gasteiger partial charge in [-0.05, 0) is 18.2 Å². The van der Waals surface area contributed by atoms with Crippen LogP contribution >= 0.6 is 11.6 Å². The molecular weight excluding hydrogens is 247 g/mol. The molecular formula is C11H14ClFN2O2. The Kier molecular flexibility index (Phi) is 5.72. The Balaban J connectivity index is 2.37. The van der Waals surface area contributed by atoms with Crippen molar-refractivity contribution in [3.63, 3.8) is 0 Å². The summed E-state index contributed by atoms with van der Waals surface area (Å²) >= 11 is 5.60. The SMILES string of the molecule is COCCNC(=O)CNc1ccc(Cl)cc1F. The van der Waals surface area contributed by atoms with Crippen molar-refractivity contribution in [1.82, 2.24) is 5.32 Å². The average molecular weight is 261 g/mol. The number of anilines is 1. The Bertz CT molecular complexity index is 388. The van der Waals surface area contributed by atoms with Gasteiger partial charge in [0.1, 0.15) is 5.82 Å². The molecule has 0 aliphatic rings. The molecule has 1 aromatic carbocycles. The molecule has 0 heterocycles. The van der Waals surface area contributed by atoms with Crippen LogP contribution < -0.4 is 10.6 Å². The van der Waals surface area contributed by atoms with E-state index in [0.717, 1.165) is 0 Å². The fraction of sp³-hybridized carbons (Fsp3) is 0.364. The number of hydrogen-bond donors (Lipinski definition) is 2. The number of halogens is 2. The minimum atomic E-state index is -0.484. The summed E-state index contributed by atoms with van der Waals surface area (Å²) in [4.78, 5) is 11.3. The third kappa shape index (κ3) is 5.01. The van der Waals surface area contributed by atoms with Crippen LogP contribution in [0.3, 0.4) is 0 Å². The van der Waals surface area contributed by atoms with E-state index in [-0.39, 0.29) is 18.1 Å². The van der Waals surface area contributed by atoms with Gasteiger partial charge in [-0.15, -0.1) is 0 Å². The molecule has 0 saturated carbocycles. The summed E-state index contributed by atoms with van der Waals surface area (Å²) in [5.41, 5.74) is 0.247. The Morgan fingerprint density at radius 1 is 1.53 bits per heavy atom. The highest BCUT2D eigenvalue weighted by atomic mass is 35.5. The first-order valence-corrected chi connectivity index (χ1v) is 5.46. The molecule has 0 atom stereocenters. The van der Waals surface area contributed by atoms with Crippen molar-refractivity contribution < 1.29 is 13.9 Å². The molecule has 6 heteroatoms. The lowest BCUT2D eigenvalue weighted by Gasteiger charge is -2.08. The Labute approximate surface area is 104 Å². The highest BCUT2D eigenvalue weighted by Crippen LogP contribution is 2.18. The quantitative estimate of drug-likeness (QED) is 0.765. The van der Waals surface area contributed by atoms with E-state index in [1.165, 1.54) is 12.1 Å². The molecule has 0 bridgehead atoms. The standard InChI is InChI=1S/C11H14ClFN2O2/c1-17-5-4-14-11(16)7-15-10-3-2-8(12)6-9(10)13/h2-3,6,15H,4-5,7H2,1H3,(H,14,16). The lowest BCUT2D eigenvalue weighted by Crippen LogP contribution is -2.32. The molecule has 2 N–H and O–H groups in total. The zero-order valence-electron chi connectivity index (χ0n) is 9.43. The van der Waals surface area contributed by atoms with Crippen molar-refractivity contribution in [2.45, 2.75) is 0 Å². The molecule has 17 heavy (non-hydrogen) atoms. The normalized spacial score (nSPS) is 10.1. The summed E-state index contributed by atoms with van der Waals surface area (Å²) in [6.45, 7) is 0.878. The summed E-state index contributed by atoms with van der Waals surface area (Å²) < 4.78 is 18.1. The average Bonchev–Trinajstić information content (AvgIpc) is 2.28. The summed E-state index contributed by atoms with van der Waals surface area (Å²) in [6.07, 6.45) is 0. The minimum Gasteiger partial charge on any atom is -0.383 e. The summed E-state index contributed by atoms with van der Waals surface area (Å²) in [5.74, 6) is -0.710. The molecule has 0 unspecified atom stereocenters. The van der Waals surface area contributed by atoms with Crippen LogP contribution in [-0.2, 0) is 9.53 Å². The van der Waals surface area contributed by atoms with Gasteiger partial charge in [-0.3, -0.25) is 4.79 Å². The van der Waals surface area contributed by atoms with Crippen LogP contribution in [0.15, 0.2) is 18.2 Å². The zero-order valence-corrected chi connectivity index (χ0v) is 10.2. The summed E-state index contributed by atoms with van der Waals surface area (Å²) in [6, 6.07) is 4.22. The number of carbonyl (C=O) groups is 1. The van der Waals surface area contributed by atoms with Crippen LogP contribution in [-0.4, -0.2) is 32.7 Å². The molecule has 0 fully saturated rings. The second-order valence-electron chi connectivity index (χ2n) is 3.32. The number of hydrogen-bond acceptors (Lipinski definition) is 3. The first-order chi connectivity index (χ1) is 8.13. The van der Waals surface area contributed by atoms with Crippen LogP contribution in [0.1, 0.15) is 0 Å². The van der Waals surface area contributed by atoms with Gasteiger partial charge in [0.2, 0.25) is 5.91 Å². The highest BCUT2D eigenvalue weighted by molar-refractivity contribution is 6.30. The van der Waals surface area contributed by atoms with E-state index < -0.39 is 5.82 Å². The van der Waals surface area contributed by atoms with Crippen LogP contribution in [0.2, 0.25) is 5.02 Å². The first-order valence-electron chi connectivity index (χ1n) is 5.08. The number of methoxy groups -OCH3 is 1. The van der Waals surface area contributed by atoms with Gasteiger partial charge in [-0.2, -0.15) is 0 Å². The lowest BCUT2D eigenvalue weighted by atomic mass is 10.3. The van der Waals surface area contributed by atoms with Crippen molar-refractivity contribution in [3.8, 4) is 0 Å². The molecule has 4 nitrogen and oxygen atoms in total. The number of benzene rings is 1.